The number of rotatable bonds is 4. The lowest BCUT2D eigenvalue weighted by Crippen LogP contribution is -2.39. The van der Waals surface area contributed by atoms with Gasteiger partial charge in [-0.1, -0.05) is 20.8 Å². The summed E-state index contributed by atoms with van der Waals surface area (Å²) in [7, 11) is 1.82. The summed E-state index contributed by atoms with van der Waals surface area (Å²) in [5.41, 5.74) is 1.32. The molecule has 1 aromatic rings. The van der Waals surface area contributed by atoms with Crippen LogP contribution in [-0.2, 0) is 11.8 Å². The van der Waals surface area contributed by atoms with Crippen LogP contribution >= 0.6 is 35.3 Å². The maximum absolute atomic E-state index is 4.70. The number of nitrogens with zero attached hydrogens (tertiary/aromatic N) is 2. The zero-order valence-corrected chi connectivity index (χ0v) is 15.8. The second-order valence-corrected chi connectivity index (χ2v) is 6.92. The molecule has 6 heteroatoms. The fourth-order valence-electron chi connectivity index (χ4n) is 1.69. The molecule has 1 heterocycles. The highest BCUT2D eigenvalue weighted by Crippen LogP contribution is 2.25. The molecule has 2 N–H and O–H groups in total. The Hall–Kier alpha value is -0.370. The molecule has 1 aliphatic rings. The fraction of sp³-hybridized carbons (Fsp3) is 0.714. The van der Waals surface area contributed by atoms with Gasteiger partial charge in [0, 0.05) is 36.9 Å². The van der Waals surface area contributed by atoms with E-state index in [0.29, 0.717) is 6.04 Å². The molecule has 0 unspecified atom stereocenters. The molecule has 0 aromatic carbocycles. The van der Waals surface area contributed by atoms with E-state index in [1.165, 1.54) is 23.5 Å². The van der Waals surface area contributed by atoms with Gasteiger partial charge in [-0.15, -0.1) is 35.3 Å². The number of halogens is 1. The van der Waals surface area contributed by atoms with Gasteiger partial charge in [-0.05, 0) is 12.8 Å². The minimum absolute atomic E-state index is 0. The van der Waals surface area contributed by atoms with Crippen molar-refractivity contribution < 1.29 is 0 Å². The summed E-state index contributed by atoms with van der Waals surface area (Å²) in [6.45, 7) is 7.49. The summed E-state index contributed by atoms with van der Waals surface area (Å²) >= 11 is 1.76. The number of guanidine groups is 1. The Morgan fingerprint density at radius 3 is 2.65 bits per heavy atom. The molecule has 2 rings (SSSR count). The van der Waals surface area contributed by atoms with Crippen molar-refractivity contribution in [3.05, 3.63) is 16.1 Å². The van der Waals surface area contributed by atoms with Gasteiger partial charge in [-0.25, -0.2) is 4.98 Å². The summed E-state index contributed by atoms with van der Waals surface area (Å²) in [6.07, 6.45) is 3.47. The van der Waals surface area contributed by atoms with Gasteiger partial charge in [0.25, 0.3) is 0 Å². The molecule has 0 aliphatic heterocycles. The van der Waals surface area contributed by atoms with E-state index in [-0.39, 0.29) is 29.4 Å². The summed E-state index contributed by atoms with van der Waals surface area (Å²) in [5, 5.41) is 10.1. The highest BCUT2D eigenvalue weighted by molar-refractivity contribution is 14.0. The molecule has 0 atom stereocenters. The van der Waals surface area contributed by atoms with Crippen LogP contribution in [0.25, 0.3) is 0 Å². The highest BCUT2D eigenvalue weighted by Gasteiger charge is 2.22. The van der Waals surface area contributed by atoms with Crippen molar-refractivity contribution >= 4 is 41.3 Å². The van der Waals surface area contributed by atoms with Crippen molar-refractivity contribution in [2.24, 2.45) is 4.99 Å². The number of hydrogen-bond donors (Lipinski definition) is 2. The van der Waals surface area contributed by atoms with Crippen LogP contribution in [0.1, 0.15) is 44.3 Å². The van der Waals surface area contributed by atoms with Gasteiger partial charge < -0.3 is 10.6 Å². The zero-order valence-electron chi connectivity index (χ0n) is 12.7. The number of aliphatic imine (C=N–C) groups is 1. The summed E-state index contributed by atoms with van der Waals surface area (Å²) in [5.74, 6) is 0.911. The molecule has 1 fully saturated rings. The molecular weight excluding hydrogens is 383 g/mol. The van der Waals surface area contributed by atoms with Crippen LogP contribution < -0.4 is 10.6 Å². The van der Waals surface area contributed by atoms with Crippen molar-refractivity contribution in [3.63, 3.8) is 0 Å². The largest absolute Gasteiger partial charge is 0.356 e. The average molecular weight is 408 g/mol. The Morgan fingerprint density at radius 1 is 1.45 bits per heavy atom. The van der Waals surface area contributed by atoms with Gasteiger partial charge in [0.1, 0.15) is 0 Å². The molecular formula is C14H25IN4S. The molecule has 0 radical (unpaired) electrons. The van der Waals surface area contributed by atoms with E-state index in [9.17, 15) is 0 Å². The van der Waals surface area contributed by atoms with Crippen molar-refractivity contribution in [3.8, 4) is 0 Å². The van der Waals surface area contributed by atoms with E-state index in [1.54, 1.807) is 11.3 Å². The first-order valence-electron chi connectivity index (χ1n) is 6.91. The van der Waals surface area contributed by atoms with Crippen LogP contribution in [-0.4, -0.2) is 30.6 Å². The summed E-state index contributed by atoms with van der Waals surface area (Å²) in [6, 6.07) is 0.637. The second kappa shape index (κ2) is 7.59. The van der Waals surface area contributed by atoms with E-state index in [2.05, 4.69) is 41.8 Å². The lowest BCUT2D eigenvalue weighted by Gasteiger charge is -2.13. The average Bonchev–Trinajstić information content (AvgIpc) is 3.01. The third-order valence-electron chi connectivity index (χ3n) is 3.01. The monoisotopic (exact) mass is 408 g/mol. The topological polar surface area (TPSA) is 49.3 Å². The van der Waals surface area contributed by atoms with Crippen LogP contribution in [0.5, 0.6) is 0 Å². The van der Waals surface area contributed by atoms with Gasteiger partial charge in [-0.2, -0.15) is 0 Å². The van der Waals surface area contributed by atoms with Crippen molar-refractivity contribution in [2.45, 2.75) is 51.5 Å². The van der Waals surface area contributed by atoms with E-state index < -0.39 is 0 Å². The minimum atomic E-state index is 0. The van der Waals surface area contributed by atoms with Crippen LogP contribution in [0.4, 0.5) is 0 Å². The second-order valence-electron chi connectivity index (χ2n) is 6.06. The maximum atomic E-state index is 4.70. The Bertz CT molecular complexity index is 446. The number of aromatic nitrogens is 1. The molecule has 0 bridgehead atoms. The minimum Gasteiger partial charge on any atom is -0.356 e. The third-order valence-corrected chi connectivity index (χ3v) is 4.33. The molecule has 1 aromatic heterocycles. The summed E-state index contributed by atoms with van der Waals surface area (Å²) in [4.78, 5) is 8.92. The molecule has 4 nitrogen and oxygen atoms in total. The van der Waals surface area contributed by atoms with E-state index in [4.69, 9.17) is 4.98 Å². The number of hydrogen-bond acceptors (Lipinski definition) is 3. The molecule has 0 spiro atoms. The normalized spacial score (nSPS) is 15.7. The van der Waals surface area contributed by atoms with Crippen LogP contribution in [0.2, 0.25) is 0 Å². The smallest absolute Gasteiger partial charge is 0.191 e. The zero-order chi connectivity index (χ0) is 13.9. The van der Waals surface area contributed by atoms with Crippen molar-refractivity contribution in [1.29, 1.82) is 0 Å². The van der Waals surface area contributed by atoms with Crippen LogP contribution in [0.15, 0.2) is 10.4 Å². The Labute approximate surface area is 142 Å². The Morgan fingerprint density at radius 2 is 2.15 bits per heavy atom. The van der Waals surface area contributed by atoms with Gasteiger partial charge in [0.2, 0.25) is 0 Å². The lowest BCUT2D eigenvalue weighted by molar-refractivity contribution is 0.582. The molecule has 114 valence electrons. The number of thiazole rings is 1. The number of nitrogens with one attached hydrogen (secondary N) is 2. The van der Waals surface area contributed by atoms with E-state index in [0.717, 1.165) is 18.9 Å². The standard InChI is InChI=1S/C14H24N4S.HI/c1-14(2,3)12-17-11(9-19-12)7-8-16-13(15-4)18-10-5-6-10;/h9-10H,5-8H2,1-4H3,(H2,15,16,18);1H. The third kappa shape index (κ3) is 5.55. The SMILES string of the molecule is CN=C(NCCc1csc(C(C)(C)C)n1)NC1CC1.I. The van der Waals surface area contributed by atoms with Crippen molar-refractivity contribution in [1.82, 2.24) is 15.6 Å². The first kappa shape index (κ1) is 17.7. The van der Waals surface area contributed by atoms with Gasteiger partial charge in [0.05, 0.1) is 10.7 Å². The molecule has 20 heavy (non-hydrogen) atoms. The van der Waals surface area contributed by atoms with Crippen LogP contribution in [0, 0.1) is 0 Å². The fourth-order valence-corrected chi connectivity index (χ4v) is 2.63. The molecule has 0 saturated heterocycles. The Kier molecular flexibility index (Phi) is 6.71. The Balaban J connectivity index is 0.00000200. The van der Waals surface area contributed by atoms with Gasteiger partial charge >= 0.3 is 0 Å². The molecule has 1 aliphatic carbocycles. The van der Waals surface area contributed by atoms with Gasteiger partial charge in [0.15, 0.2) is 5.96 Å². The lowest BCUT2D eigenvalue weighted by atomic mass is 9.98. The van der Waals surface area contributed by atoms with E-state index in [1.807, 2.05) is 7.05 Å². The predicted molar refractivity (Wildman–Crippen MR) is 97.5 cm³/mol. The first-order valence-corrected chi connectivity index (χ1v) is 7.79. The summed E-state index contributed by atoms with van der Waals surface area (Å²) < 4.78 is 0. The first-order chi connectivity index (χ1) is 8.99. The van der Waals surface area contributed by atoms with Gasteiger partial charge in [-0.3, -0.25) is 4.99 Å². The maximum Gasteiger partial charge on any atom is 0.191 e. The quantitative estimate of drug-likeness (QED) is 0.458. The predicted octanol–water partition coefficient (Wildman–Crippen LogP) is 2.93. The molecule has 1 saturated carbocycles. The van der Waals surface area contributed by atoms with Crippen molar-refractivity contribution in [2.75, 3.05) is 13.6 Å². The van der Waals surface area contributed by atoms with Crippen LogP contribution in [0.3, 0.4) is 0 Å². The highest BCUT2D eigenvalue weighted by atomic mass is 127. The molecule has 0 amide bonds. The van der Waals surface area contributed by atoms with E-state index >= 15 is 0 Å².